The first-order valence-corrected chi connectivity index (χ1v) is 11.5. The molecule has 1 N–H and O–H groups in total. The summed E-state index contributed by atoms with van der Waals surface area (Å²) in [5, 5.41) is 14.6. The number of hydrogen-bond donors (Lipinski definition) is 1. The van der Waals surface area contributed by atoms with Crippen LogP contribution in [0.15, 0.2) is 71.2 Å². The summed E-state index contributed by atoms with van der Waals surface area (Å²) < 4.78 is 2.08. The molecule has 0 atom stereocenters. The van der Waals surface area contributed by atoms with Crippen LogP contribution in [0.2, 0.25) is 0 Å². The molecule has 152 valence electrons. The van der Waals surface area contributed by atoms with E-state index in [-0.39, 0.29) is 11.7 Å². The van der Waals surface area contributed by atoms with Crippen molar-refractivity contribution in [3.8, 4) is 10.7 Å². The maximum atomic E-state index is 12.6. The van der Waals surface area contributed by atoms with E-state index < -0.39 is 0 Å². The quantitative estimate of drug-likeness (QED) is 0.396. The first kappa shape index (κ1) is 20.4. The molecule has 4 rings (SSSR count). The van der Waals surface area contributed by atoms with Crippen LogP contribution in [0.25, 0.3) is 10.7 Å². The second kappa shape index (κ2) is 9.28. The average molecular weight is 435 g/mol. The first-order valence-electron chi connectivity index (χ1n) is 9.61. The highest BCUT2D eigenvalue weighted by molar-refractivity contribution is 7.99. The normalized spacial score (nSPS) is 10.9. The van der Waals surface area contributed by atoms with Gasteiger partial charge in [-0.1, -0.05) is 60.3 Å². The SMILES string of the molecule is Cc1ccc(C)c(NC(=O)CSc2nnc(-c3cccs3)n2Cc2ccccc2)c1. The standard InChI is InChI=1S/C23H22N4OS2/c1-16-10-11-17(2)19(13-16)24-21(28)15-30-23-26-25-22(20-9-6-12-29-20)27(23)14-18-7-4-3-5-8-18/h3-13H,14-15H2,1-2H3,(H,24,28). The monoisotopic (exact) mass is 434 g/mol. The maximum absolute atomic E-state index is 12.6. The maximum Gasteiger partial charge on any atom is 0.234 e. The second-order valence-electron chi connectivity index (χ2n) is 7.01. The van der Waals surface area contributed by atoms with Gasteiger partial charge in [-0.25, -0.2) is 0 Å². The minimum Gasteiger partial charge on any atom is -0.325 e. The summed E-state index contributed by atoms with van der Waals surface area (Å²) >= 11 is 3.04. The molecule has 2 aromatic carbocycles. The van der Waals surface area contributed by atoms with E-state index in [1.165, 1.54) is 11.8 Å². The average Bonchev–Trinajstić information content (AvgIpc) is 3.40. The molecule has 2 heterocycles. The van der Waals surface area contributed by atoms with Gasteiger partial charge in [0.25, 0.3) is 0 Å². The minimum absolute atomic E-state index is 0.0550. The van der Waals surface area contributed by atoms with Crippen molar-refractivity contribution in [3.63, 3.8) is 0 Å². The van der Waals surface area contributed by atoms with Crippen LogP contribution in [0.5, 0.6) is 0 Å². The van der Waals surface area contributed by atoms with E-state index in [4.69, 9.17) is 0 Å². The number of rotatable bonds is 7. The van der Waals surface area contributed by atoms with Gasteiger partial charge >= 0.3 is 0 Å². The summed E-state index contributed by atoms with van der Waals surface area (Å²) in [7, 11) is 0. The van der Waals surface area contributed by atoms with Gasteiger partial charge in [0.1, 0.15) is 0 Å². The van der Waals surface area contributed by atoms with E-state index in [1.807, 2.05) is 67.8 Å². The zero-order valence-corrected chi connectivity index (χ0v) is 18.5. The number of nitrogens with one attached hydrogen (secondary N) is 1. The summed E-state index contributed by atoms with van der Waals surface area (Å²) in [6, 6.07) is 20.3. The van der Waals surface area contributed by atoms with Gasteiger partial charge in [-0.3, -0.25) is 9.36 Å². The topological polar surface area (TPSA) is 59.8 Å². The predicted molar refractivity (Wildman–Crippen MR) is 124 cm³/mol. The predicted octanol–water partition coefficient (Wildman–Crippen LogP) is 5.40. The van der Waals surface area contributed by atoms with Crippen molar-refractivity contribution < 1.29 is 4.79 Å². The lowest BCUT2D eigenvalue weighted by Gasteiger charge is -2.11. The van der Waals surface area contributed by atoms with Crippen molar-refractivity contribution >= 4 is 34.7 Å². The number of anilines is 1. The Kier molecular flexibility index (Phi) is 6.30. The highest BCUT2D eigenvalue weighted by Gasteiger charge is 2.17. The lowest BCUT2D eigenvalue weighted by molar-refractivity contribution is -0.113. The van der Waals surface area contributed by atoms with Crippen molar-refractivity contribution in [2.45, 2.75) is 25.5 Å². The smallest absolute Gasteiger partial charge is 0.234 e. The minimum atomic E-state index is -0.0550. The van der Waals surface area contributed by atoms with Crippen molar-refractivity contribution in [2.75, 3.05) is 11.1 Å². The molecule has 0 fully saturated rings. The number of aromatic nitrogens is 3. The van der Waals surface area contributed by atoms with Gasteiger partial charge in [-0.2, -0.15) is 0 Å². The lowest BCUT2D eigenvalue weighted by atomic mass is 10.1. The Hall–Kier alpha value is -2.90. The fourth-order valence-electron chi connectivity index (χ4n) is 3.08. The molecule has 1 amide bonds. The Morgan fingerprint density at radius 1 is 1.07 bits per heavy atom. The van der Waals surface area contributed by atoms with E-state index in [0.717, 1.165) is 38.2 Å². The molecule has 0 spiro atoms. The first-order chi connectivity index (χ1) is 14.6. The summed E-state index contributed by atoms with van der Waals surface area (Å²) in [6.45, 7) is 4.66. The molecule has 0 saturated carbocycles. The van der Waals surface area contributed by atoms with Crippen LogP contribution in [-0.2, 0) is 11.3 Å². The van der Waals surface area contributed by atoms with Crippen LogP contribution in [0.1, 0.15) is 16.7 Å². The molecule has 0 radical (unpaired) electrons. The fourth-order valence-corrected chi connectivity index (χ4v) is 4.53. The molecule has 7 heteroatoms. The van der Waals surface area contributed by atoms with Gasteiger partial charge in [0.2, 0.25) is 5.91 Å². The molecule has 2 aromatic heterocycles. The van der Waals surface area contributed by atoms with Crippen LogP contribution in [-0.4, -0.2) is 26.4 Å². The number of nitrogens with zero attached hydrogens (tertiary/aromatic N) is 3. The van der Waals surface area contributed by atoms with Crippen LogP contribution in [0, 0.1) is 13.8 Å². The van der Waals surface area contributed by atoms with Gasteiger partial charge in [0, 0.05) is 5.69 Å². The number of amides is 1. The Morgan fingerprint density at radius 3 is 2.67 bits per heavy atom. The van der Waals surface area contributed by atoms with E-state index in [9.17, 15) is 4.79 Å². The number of thiophene rings is 1. The molecule has 4 aromatic rings. The highest BCUT2D eigenvalue weighted by atomic mass is 32.2. The van der Waals surface area contributed by atoms with Crippen molar-refractivity contribution in [2.24, 2.45) is 0 Å². The van der Waals surface area contributed by atoms with Crippen molar-refractivity contribution in [1.29, 1.82) is 0 Å². The fraction of sp³-hybridized carbons (Fsp3) is 0.174. The van der Waals surface area contributed by atoms with E-state index >= 15 is 0 Å². The Morgan fingerprint density at radius 2 is 1.90 bits per heavy atom. The number of hydrogen-bond acceptors (Lipinski definition) is 5. The number of thioether (sulfide) groups is 1. The highest BCUT2D eigenvalue weighted by Crippen LogP contribution is 2.28. The molecule has 0 aliphatic rings. The molecule has 0 aliphatic carbocycles. The van der Waals surface area contributed by atoms with E-state index in [0.29, 0.717) is 6.54 Å². The lowest BCUT2D eigenvalue weighted by Crippen LogP contribution is -2.15. The number of carbonyl (C=O) groups excluding carboxylic acids is 1. The van der Waals surface area contributed by atoms with Gasteiger partial charge in [0.15, 0.2) is 11.0 Å². The summed E-state index contributed by atoms with van der Waals surface area (Å²) in [6.07, 6.45) is 0. The van der Waals surface area contributed by atoms with Crippen LogP contribution >= 0.6 is 23.1 Å². The summed E-state index contributed by atoms with van der Waals surface area (Å²) in [5.74, 6) is 1.04. The molecule has 0 bridgehead atoms. The zero-order chi connectivity index (χ0) is 20.9. The summed E-state index contributed by atoms with van der Waals surface area (Å²) in [4.78, 5) is 13.6. The second-order valence-corrected chi connectivity index (χ2v) is 8.90. The van der Waals surface area contributed by atoms with Gasteiger partial charge in [-0.15, -0.1) is 21.5 Å². The van der Waals surface area contributed by atoms with E-state index in [1.54, 1.807) is 11.3 Å². The number of benzene rings is 2. The molecule has 5 nitrogen and oxygen atoms in total. The van der Waals surface area contributed by atoms with Crippen LogP contribution < -0.4 is 5.32 Å². The Labute approximate surface area is 184 Å². The summed E-state index contributed by atoms with van der Waals surface area (Å²) in [5.41, 5.74) is 4.18. The van der Waals surface area contributed by atoms with Crippen molar-refractivity contribution in [1.82, 2.24) is 14.8 Å². The van der Waals surface area contributed by atoms with Gasteiger partial charge < -0.3 is 5.32 Å². The van der Waals surface area contributed by atoms with Gasteiger partial charge in [0.05, 0.1) is 17.2 Å². The molecular weight excluding hydrogens is 412 g/mol. The molecule has 0 aliphatic heterocycles. The zero-order valence-electron chi connectivity index (χ0n) is 16.8. The Bertz CT molecular complexity index is 1140. The third-order valence-electron chi connectivity index (χ3n) is 4.64. The van der Waals surface area contributed by atoms with E-state index in [2.05, 4.69) is 32.2 Å². The third-order valence-corrected chi connectivity index (χ3v) is 6.47. The van der Waals surface area contributed by atoms with Crippen molar-refractivity contribution in [3.05, 3.63) is 82.7 Å². The Balaban J connectivity index is 1.52. The van der Waals surface area contributed by atoms with Crippen LogP contribution in [0.4, 0.5) is 5.69 Å². The van der Waals surface area contributed by atoms with Gasteiger partial charge in [-0.05, 0) is 48.1 Å². The number of aryl methyl sites for hydroxylation is 2. The van der Waals surface area contributed by atoms with Crippen LogP contribution in [0.3, 0.4) is 0 Å². The molecule has 0 unspecified atom stereocenters. The third kappa shape index (κ3) is 4.80. The number of carbonyl (C=O) groups is 1. The largest absolute Gasteiger partial charge is 0.325 e. The molecule has 30 heavy (non-hydrogen) atoms. The molecule has 0 saturated heterocycles. The molecular formula is C23H22N4OS2.